The molecule has 0 aliphatic carbocycles. The zero-order valence-electron chi connectivity index (χ0n) is 10.8. The van der Waals surface area contributed by atoms with Crippen molar-refractivity contribution in [3.63, 3.8) is 0 Å². The Kier molecular flexibility index (Phi) is 4.15. The second-order valence-electron chi connectivity index (χ2n) is 4.17. The number of esters is 2. The summed E-state index contributed by atoms with van der Waals surface area (Å²) in [5.41, 5.74) is 6.38. The number of rotatable bonds is 4. The molecule has 1 saturated heterocycles. The lowest BCUT2D eigenvalue weighted by Gasteiger charge is -2.48. The number of fused-ring (bicyclic) bond motifs is 1. The number of β-lactam (4-membered cyclic amide) rings is 1. The van der Waals surface area contributed by atoms with Crippen LogP contribution in [0.4, 0.5) is 0 Å². The van der Waals surface area contributed by atoms with Gasteiger partial charge in [-0.3, -0.25) is 9.69 Å². The van der Waals surface area contributed by atoms with E-state index in [9.17, 15) is 14.4 Å². The molecule has 0 bridgehead atoms. The van der Waals surface area contributed by atoms with Crippen LogP contribution < -0.4 is 5.73 Å². The van der Waals surface area contributed by atoms with Gasteiger partial charge in [-0.2, -0.15) is 0 Å². The highest BCUT2D eigenvalue weighted by Crippen LogP contribution is 2.39. The first kappa shape index (κ1) is 14.6. The smallest absolute Gasteiger partial charge is 0.355 e. The lowest BCUT2D eigenvalue weighted by atomic mass is 10.0. The summed E-state index contributed by atoms with van der Waals surface area (Å²) in [7, 11) is 1.19. The molecule has 2 aliphatic rings. The molecule has 2 atom stereocenters. The van der Waals surface area contributed by atoms with Crippen LogP contribution in [0.3, 0.4) is 0 Å². The third kappa shape index (κ3) is 2.32. The number of nitrogens with two attached hydrogens (primary N) is 1. The molecule has 20 heavy (non-hydrogen) atoms. The first-order chi connectivity index (χ1) is 9.51. The minimum atomic E-state index is -0.754. The summed E-state index contributed by atoms with van der Waals surface area (Å²) in [6.07, 6.45) is 1.50. The highest BCUT2D eigenvalue weighted by atomic mass is 32.2. The summed E-state index contributed by atoms with van der Waals surface area (Å²) < 4.78 is 9.22. The van der Waals surface area contributed by atoms with Crippen molar-refractivity contribution in [3.05, 3.63) is 23.9 Å². The van der Waals surface area contributed by atoms with Gasteiger partial charge in [0.2, 0.25) is 5.91 Å². The van der Waals surface area contributed by atoms with Crippen LogP contribution in [0.15, 0.2) is 23.9 Å². The molecule has 1 fully saturated rings. The van der Waals surface area contributed by atoms with Crippen LogP contribution in [-0.2, 0) is 23.9 Å². The second-order valence-corrected chi connectivity index (χ2v) is 5.27. The van der Waals surface area contributed by atoms with Gasteiger partial charge in [-0.25, -0.2) is 9.59 Å². The van der Waals surface area contributed by atoms with Crippen molar-refractivity contribution in [2.24, 2.45) is 5.73 Å². The molecule has 2 rings (SSSR count). The summed E-state index contributed by atoms with van der Waals surface area (Å²) in [5, 5.41) is -0.271. The number of thioether (sulfide) groups is 1. The monoisotopic (exact) mass is 298 g/mol. The van der Waals surface area contributed by atoms with Gasteiger partial charge >= 0.3 is 11.9 Å². The number of amides is 1. The molecule has 0 saturated carbocycles. The standard InChI is InChI=1S/C12H14N2O5S/c1-3-6-5-20-11-8(13)10(16)14(11)9(6)12(17)19-4-7(15)18-2/h3,8,11H,1,4-5,13H2,2H3/t8?,11-/m0/s1. The predicted molar refractivity (Wildman–Crippen MR) is 71.3 cm³/mol. The molecular weight excluding hydrogens is 284 g/mol. The fourth-order valence-electron chi connectivity index (χ4n) is 1.94. The van der Waals surface area contributed by atoms with E-state index < -0.39 is 24.6 Å². The Bertz CT molecular complexity index is 516. The molecule has 8 heteroatoms. The van der Waals surface area contributed by atoms with E-state index in [1.807, 2.05) is 0 Å². The van der Waals surface area contributed by atoms with E-state index in [-0.39, 0.29) is 17.0 Å². The van der Waals surface area contributed by atoms with Crippen molar-refractivity contribution in [1.82, 2.24) is 4.90 Å². The van der Waals surface area contributed by atoms with E-state index in [1.165, 1.54) is 29.8 Å². The summed E-state index contributed by atoms with van der Waals surface area (Å²) in [6.45, 7) is 3.11. The average molecular weight is 298 g/mol. The summed E-state index contributed by atoms with van der Waals surface area (Å²) >= 11 is 1.46. The number of carbonyl (C=O) groups is 3. The van der Waals surface area contributed by atoms with Gasteiger partial charge in [0.05, 0.1) is 7.11 Å². The Balaban J connectivity index is 2.19. The molecule has 1 unspecified atom stereocenters. The van der Waals surface area contributed by atoms with Gasteiger partial charge in [0.25, 0.3) is 0 Å². The normalized spacial score (nSPS) is 24.7. The lowest BCUT2D eigenvalue weighted by Crippen LogP contribution is -2.68. The largest absolute Gasteiger partial charge is 0.466 e. The maximum absolute atomic E-state index is 12.1. The van der Waals surface area contributed by atoms with Gasteiger partial charge in [-0.05, 0) is 5.57 Å². The SMILES string of the molecule is C=CC1=C(C(=O)OCC(=O)OC)N2C(=O)C(N)[C@@H]2SC1. The van der Waals surface area contributed by atoms with Gasteiger partial charge in [0, 0.05) is 5.75 Å². The van der Waals surface area contributed by atoms with Gasteiger partial charge in [0.1, 0.15) is 17.1 Å². The van der Waals surface area contributed by atoms with E-state index in [0.29, 0.717) is 11.3 Å². The maximum atomic E-state index is 12.1. The number of carbonyl (C=O) groups excluding carboxylic acids is 3. The summed E-state index contributed by atoms with van der Waals surface area (Å²) in [6, 6.07) is -0.616. The molecule has 108 valence electrons. The average Bonchev–Trinajstić information content (AvgIpc) is 2.49. The molecule has 0 spiro atoms. The Hall–Kier alpha value is -1.80. The fraction of sp³-hybridized carbons (Fsp3) is 0.417. The molecular formula is C12H14N2O5S. The van der Waals surface area contributed by atoms with E-state index in [2.05, 4.69) is 11.3 Å². The zero-order chi connectivity index (χ0) is 14.9. The first-order valence-corrected chi connectivity index (χ1v) is 6.86. The van der Waals surface area contributed by atoms with Crippen LogP contribution in [-0.4, -0.2) is 53.6 Å². The second kappa shape index (κ2) is 5.68. The minimum absolute atomic E-state index is 0.111. The van der Waals surface area contributed by atoms with Gasteiger partial charge in [-0.1, -0.05) is 12.7 Å². The number of nitrogens with zero attached hydrogens (tertiary/aromatic N) is 1. The number of ether oxygens (including phenoxy) is 2. The Morgan fingerprint density at radius 2 is 2.30 bits per heavy atom. The van der Waals surface area contributed by atoms with E-state index in [0.717, 1.165) is 0 Å². The van der Waals surface area contributed by atoms with E-state index in [4.69, 9.17) is 10.5 Å². The van der Waals surface area contributed by atoms with Crippen LogP contribution >= 0.6 is 11.8 Å². The molecule has 0 radical (unpaired) electrons. The molecule has 2 N–H and O–H groups in total. The summed E-state index contributed by atoms with van der Waals surface area (Å²) in [4.78, 5) is 36.1. The minimum Gasteiger partial charge on any atom is -0.466 e. The van der Waals surface area contributed by atoms with Crippen LogP contribution in [0.25, 0.3) is 0 Å². The number of methoxy groups -OCH3 is 1. The molecule has 0 aromatic rings. The van der Waals surface area contributed by atoms with Gasteiger partial charge in [0.15, 0.2) is 6.61 Å². The quantitative estimate of drug-likeness (QED) is 0.545. The Labute approximate surface area is 119 Å². The van der Waals surface area contributed by atoms with Crippen molar-refractivity contribution in [2.75, 3.05) is 19.5 Å². The highest BCUT2D eigenvalue weighted by Gasteiger charge is 2.51. The maximum Gasteiger partial charge on any atom is 0.355 e. The van der Waals surface area contributed by atoms with E-state index in [1.54, 1.807) is 0 Å². The molecule has 2 heterocycles. The summed E-state index contributed by atoms with van der Waals surface area (Å²) in [5.74, 6) is -1.26. The lowest BCUT2D eigenvalue weighted by molar-refractivity contribution is -0.158. The third-order valence-corrected chi connectivity index (χ3v) is 4.35. The zero-order valence-corrected chi connectivity index (χ0v) is 11.6. The topological polar surface area (TPSA) is 98.9 Å². The number of allylic oxidation sites excluding steroid dienone is 1. The molecule has 1 amide bonds. The number of hydrogen-bond acceptors (Lipinski definition) is 7. The van der Waals surface area contributed by atoms with Crippen molar-refractivity contribution in [1.29, 1.82) is 0 Å². The van der Waals surface area contributed by atoms with Gasteiger partial charge < -0.3 is 15.2 Å². The van der Waals surface area contributed by atoms with Crippen LogP contribution in [0, 0.1) is 0 Å². The van der Waals surface area contributed by atoms with Crippen LogP contribution in [0.2, 0.25) is 0 Å². The third-order valence-electron chi connectivity index (χ3n) is 3.03. The molecule has 0 aromatic carbocycles. The van der Waals surface area contributed by atoms with Crippen molar-refractivity contribution >= 4 is 29.6 Å². The van der Waals surface area contributed by atoms with Gasteiger partial charge in [-0.15, -0.1) is 11.8 Å². The van der Waals surface area contributed by atoms with E-state index >= 15 is 0 Å². The Morgan fingerprint density at radius 1 is 1.60 bits per heavy atom. The number of hydrogen-bond donors (Lipinski definition) is 1. The predicted octanol–water partition coefficient (Wildman–Crippen LogP) is -0.615. The molecule has 2 aliphatic heterocycles. The fourth-order valence-corrected chi connectivity index (χ4v) is 3.22. The molecule has 7 nitrogen and oxygen atoms in total. The highest BCUT2D eigenvalue weighted by molar-refractivity contribution is 8.00. The van der Waals surface area contributed by atoms with Crippen molar-refractivity contribution in [2.45, 2.75) is 11.4 Å². The van der Waals surface area contributed by atoms with Crippen molar-refractivity contribution < 1.29 is 23.9 Å². The van der Waals surface area contributed by atoms with Crippen LogP contribution in [0.5, 0.6) is 0 Å². The first-order valence-electron chi connectivity index (χ1n) is 5.81. The Morgan fingerprint density at radius 3 is 2.90 bits per heavy atom. The molecule has 0 aromatic heterocycles. The van der Waals surface area contributed by atoms with Crippen LogP contribution in [0.1, 0.15) is 0 Å². The van der Waals surface area contributed by atoms with Crippen molar-refractivity contribution in [3.8, 4) is 0 Å².